The van der Waals surface area contributed by atoms with Crippen molar-refractivity contribution in [3.05, 3.63) is 12.1 Å². The maximum atomic E-state index is 5.93. The third-order valence-electron chi connectivity index (χ3n) is 2.07. The monoisotopic (exact) mass is 224 g/mol. The highest BCUT2D eigenvalue weighted by molar-refractivity contribution is 5.72. The van der Waals surface area contributed by atoms with Gasteiger partial charge in [0.25, 0.3) is 0 Å². The van der Waals surface area contributed by atoms with Crippen molar-refractivity contribution in [3.63, 3.8) is 0 Å². The first kappa shape index (κ1) is 12.5. The van der Waals surface area contributed by atoms with Gasteiger partial charge in [-0.3, -0.25) is 0 Å². The molecule has 3 N–H and O–H groups in total. The van der Waals surface area contributed by atoms with Gasteiger partial charge in [-0.05, 0) is 20.8 Å². The van der Waals surface area contributed by atoms with Crippen LogP contribution in [0.3, 0.4) is 0 Å². The quantitative estimate of drug-likeness (QED) is 0.774. The molecule has 0 amide bonds. The highest BCUT2D eigenvalue weighted by atomic mass is 16.5. The second kappa shape index (κ2) is 4.51. The lowest BCUT2D eigenvalue weighted by atomic mass is 10.1. The number of hydrogen-bond acceptors (Lipinski definition) is 4. The van der Waals surface area contributed by atoms with Crippen molar-refractivity contribution in [3.8, 4) is 11.5 Å². The maximum absolute atomic E-state index is 5.93. The van der Waals surface area contributed by atoms with Crippen molar-refractivity contribution >= 4 is 11.4 Å². The molecular weight excluding hydrogens is 204 g/mol. The van der Waals surface area contributed by atoms with E-state index in [1.54, 1.807) is 20.3 Å². The highest BCUT2D eigenvalue weighted by Gasteiger charge is 2.14. The van der Waals surface area contributed by atoms with Crippen LogP contribution in [0, 0.1) is 0 Å². The van der Waals surface area contributed by atoms with Crippen LogP contribution in [0.25, 0.3) is 0 Å². The van der Waals surface area contributed by atoms with Crippen LogP contribution in [0.5, 0.6) is 11.5 Å². The Hall–Kier alpha value is -1.58. The van der Waals surface area contributed by atoms with E-state index in [1.807, 2.05) is 6.07 Å². The molecule has 0 atom stereocenters. The molecule has 16 heavy (non-hydrogen) atoms. The Morgan fingerprint density at radius 3 is 2.00 bits per heavy atom. The van der Waals surface area contributed by atoms with Crippen LogP contribution in [0.15, 0.2) is 12.1 Å². The van der Waals surface area contributed by atoms with E-state index in [9.17, 15) is 0 Å². The zero-order valence-corrected chi connectivity index (χ0v) is 10.5. The van der Waals surface area contributed by atoms with E-state index in [1.165, 1.54) is 0 Å². The van der Waals surface area contributed by atoms with Crippen LogP contribution < -0.4 is 20.5 Å². The summed E-state index contributed by atoms with van der Waals surface area (Å²) in [7, 11) is 3.20. The van der Waals surface area contributed by atoms with Crippen LogP contribution in [0.2, 0.25) is 0 Å². The molecule has 0 bridgehead atoms. The van der Waals surface area contributed by atoms with Gasteiger partial charge >= 0.3 is 0 Å². The predicted molar refractivity (Wildman–Crippen MR) is 67.3 cm³/mol. The molecule has 0 aliphatic carbocycles. The van der Waals surface area contributed by atoms with Crippen molar-refractivity contribution in [1.82, 2.24) is 0 Å². The van der Waals surface area contributed by atoms with Gasteiger partial charge in [0, 0.05) is 17.7 Å². The van der Waals surface area contributed by atoms with Gasteiger partial charge in [0.15, 0.2) is 11.5 Å². The Labute approximate surface area is 96.7 Å². The summed E-state index contributed by atoms with van der Waals surface area (Å²) in [5, 5.41) is 3.31. The van der Waals surface area contributed by atoms with Crippen LogP contribution in [0.4, 0.5) is 11.4 Å². The van der Waals surface area contributed by atoms with Crippen molar-refractivity contribution in [2.24, 2.45) is 0 Å². The summed E-state index contributed by atoms with van der Waals surface area (Å²) in [5.41, 5.74) is 7.38. The number of hydrogen-bond donors (Lipinski definition) is 2. The van der Waals surface area contributed by atoms with E-state index in [0.717, 1.165) is 5.69 Å². The number of nitrogens with two attached hydrogens (primary N) is 1. The standard InChI is InChI=1S/C12H20N2O2/c1-12(2,3)14-9-7-11(16-5)10(15-4)6-8(9)13/h6-7,14H,13H2,1-5H3. The Balaban J connectivity index is 3.11. The third kappa shape index (κ3) is 2.95. The first-order chi connectivity index (χ1) is 7.37. The summed E-state index contributed by atoms with van der Waals surface area (Å²) in [6.45, 7) is 6.22. The van der Waals surface area contributed by atoms with Crippen molar-refractivity contribution in [2.75, 3.05) is 25.3 Å². The molecule has 1 aromatic rings. The Kier molecular flexibility index (Phi) is 3.52. The van der Waals surface area contributed by atoms with E-state index >= 15 is 0 Å². The summed E-state index contributed by atoms with van der Waals surface area (Å²) < 4.78 is 10.4. The van der Waals surface area contributed by atoms with Crippen molar-refractivity contribution in [2.45, 2.75) is 26.3 Å². The third-order valence-corrected chi connectivity index (χ3v) is 2.07. The molecule has 0 aliphatic rings. The lowest BCUT2D eigenvalue weighted by Gasteiger charge is -2.24. The minimum atomic E-state index is -0.0479. The molecule has 0 aliphatic heterocycles. The Morgan fingerprint density at radius 1 is 1.06 bits per heavy atom. The molecule has 4 heteroatoms. The largest absolute Gasteiger partial charge is 0.493 e. The first-order valence-electron chi connectivity index (χ1n) is 5.17. The fraction of sp³-hybridized carbons (Fsp3) is 0.500. The summed E-state index contributed by atoms with van der Waals surface area (Å²) in [6.07, 6.45) is 0. The van der Waals surface area contributed by atoms with Gasteiger partial charge in [-0.25, -0.2) is 0 Å². The van der Waals surface area contributed by atoms with E-state index < -0.39 is 0 Å². The topological polar surface area (TPSA) is 56.5 Å². The minimum absolute atomic E-state index is 0.0479. The molecule has 0 fully saturated rings. The van der Waals surface area contributed by atoms with Gasteiger partial charge < -0.3 is 20.5 Å². The van der Waals surface area contributed by atoms with E-state index in [-0.39, 0.29) is 5.54 Å². The van der Waals surface area contributed by atoms with Crippen molar-refractivity contribution in [1.29, 1.82) is 0 Å². The fourth-order valence-electron chi connectivity index (χ4n) is 1.41. The molecule has 90 valence electrons. The Bertz CT molecular complexity index is 370. The van der Waals surface area contributed by atoms with Gasteiger partial charge in [0.05, 0.1) is 25.6 Å². The number of ether oxygens (including phenoxy) is 2. The molecule has 0 unspecified atom stereocenters. The molecule has 0 aromatic heterocycles. The lowest BCUT2D eigenvalue weighted by Crippen LogP contribution is -2.26. The molecule has 1 rings (SSSR count). The molecule has 4 nitrogen and oxygen atoms in total. The zero-order chi connectivity index (χ0) is 12.3. The second-order valence-electron chi connectivity index (χ2n) is 4.67. The molecular formula is C12H20N2O2. The van der Waals surface area contributed by atoms with Crippen LogP contribution in [-0.2, 0) is 0 Å². The number of methoxy groups -OCH3 is 2. The smallest absolute Gasteiger partial charge is 0.162 e. The van der Waals surface area contributed by atoms with E-state index in [2.05, 4.69) is 26.1 Å². The van der Waals surface area contributed by atoms with Gasteiger partial charge in [-0.15, -0.1) is 0 Å². The average molecular weight is 224 g/mol. The average Bonchev–Trinajstić information content (AvgIpc) is 2.18. The SMILES string of the molecule is COc1cc(N)c(NC(C)(C)C)cc1OC. The minimum Gasteiger partial charge on any atom is -0.493 e. The number of nitrogens with one attached hydrogen (secondary N) is 1. The number of nitrogen functional groups attached to an aromatic ring is 1. The van der Waals surface area contributed by atoms with Crippen molar-refractivity contribution < 1.29 is 9.47 Å². The first-order valence-corrected chi connectivity index (χ1v) is 5.17. The summed E-state index contributed by atoms with van der Waals surface area (Å²) in [6, 6.07) is 3.60. The summed E-state index contributed by atoms with van der Waals surface area (Å²) in [4.78, 5) is 0. The predicted octanol–water partition coefficient (Wildman–Crippen LogP) is 2.50. The number of benzene rings is 1. The molecule has 1 aromatic carbocycles. The summed E-state index contributed by atoms with van der Waals surface area (Å²) in [5.74, 6) is 1.31. The number of rotatable bonds is 3. The second-order valence-corrected chi connectivity index (χ2v) is 4.67. The van der Waals surface area contributed by atoms with Gasteiger partial charge in [0.1, 0.15) is 0 Å². The molecule has 0 heterocycles. The molecule has 0 saturated heterocycles. The van der Waals surface area contributed by atoms with Crippen LogP contribution in [0.1, 0.15) is 20.8 Å². The van der Waals surface area contributed by atoms with Gasteiger partial charge in [0.2, 0.25) is 0 Å². The zero-order valence-electron chi connectivity index (χ0n) is 10.5. The number of anilines is 2. The highest BCUT2D eigenvalue weighted by Crippen LogP contribution is 2.35. The lowest BCUT2D eigenvalue weighted by molar-refractivity contribution is 0.355. The van der Waals surface area contributed by atoms with Gasteiger partial charge in [-0.1, -0.05) is 0 Å². The molecule has 0 saturated carbocycles. The molecule has 0 radical (unpaired) electrons. The maximum Gasteiger partial charge on any atom is 0.162 e. The van der Waals surface area contributed by atoms with Crippen LogP contribution >= 0.6 is 0 Å². The van der Waals surface area contributed by atoms with Crippen LogP contribution in [-0.4, -0.2) is 19.8 Å². The van der Waals surface area contributed by atoms with Gasteiger partial charge in [-0.2, -0.15) is 0 Å². The summed E-state index contributed by atoms with van der Waals surface area (Å²) >= 11 is 0. The molecule has 0 spiro atoms. The Morgan fingerprint density at radius 2 is 1.56 bits per heavy atom. The van der Waals surface area contributed by atoms with E-state index in [0.29, 0.717) is 17.2 Å². The fourth-order valence-corrected chi connectivity index (χ4v) is 1.41. The van der Waals surface area contributed by atoms with E-state index in [4.69, 9.17) is 15.2 Å². The normalized spacial score (nSPS) is 11.1.